The summed E-state index contributed by atoms with van der Waals surface area (Å²) in [6, 6.07) is 3.42. The highest BCUT2D eigenvalue weighted by atomic mass is 16.3. The molecule has 2 rings (SSSR count). The molecule has 0 fully saturated rings. The first-order valence-corrected chi connectivity index (χ1v) is 4.24. The summed E-state index contributed by atoms with van der Waals surface area (Å²) in [5, 5.41) is 9.43. The van der Waals surface area contributed by atoms with Gasteiger partial charge in [-0.2, -0.15) is 0 Å². The molecule has 1 aromatic rings. The standard InChI is InChI=1S/C10H11NO2/c1-11-3-2-7-4-8(6-12)10(13)5-9(7)11/h4-6,13H,2-3H2,1H3. The van der Waals surface area contributed by atoms with E-state index in [1.807, 2.05) is 7.05 Å². The molecule has 1 aromatic carbocycles. The van der Waals surface area contributed by atoms with E-state index >= 15 is 0 Å². The molecule has 1 aliphatic heterocycles. The highest BCUT2D eigenvalue weighted by Gasteiger charge is 2.17. The maximum absolute atomic E-state index is 10.5. The van der Waals surface area contributed by atoms with Crippen molar-refractivity contribution < 1.29 is 9.90 Å². The topological polar surface area (TPSA) is 40.5 Å². The van der Waals surface area contributed by atoms with Crippen LogP contribution in [0.1, 0.15) is 15.9 Å². The minimum atomic E-state index is 0.0718. The second-order valence-corrected chi connectivity index (χ2v) is 3.33. The minimum absolute atomic E-state index is 0.0718. The van der Waals surface area contributed by atoms with Gasteiger partial charge in [-0.25, -0.2) is 0 Å². The first-order chi connectivity index (χ1) is 6.22. The van der Waals surface area contributed by atoms with Crippen LogP contribution in [0.25, 0.3) is 0 Å². The van der Waals surface area contributed by atoms with Gasteiger partial charge in [0.15, 0.2) is 6.29 Å². The number of rotatable bonds is 1. The van der Waals surface area contributed by atoms with E-state index < -0.39 is 0 Å². The average molecular weight is 177 g/mol. The zero-order chi connectivity index (χ0) is 9.42. The number of anilines is 1. The van der Waals surface area contributed by atoms with Crippen LogP contribution in [-0.2, 0) is 6.42 Å². The summed E-state index contributed by atoms with van der Waals surface area (Å²) in [6.45, 7) is 0.955. The molecule has 68 valence electrons. The quantitative estimate of drug-likeness (QED) is 0.655. The maximum atomic E-state index is 10.5. The molecule has 1 aliphatic rings. The molecular weight excluding hydrogens is 166 g/mol. The van der Waals surface area contributed by atoms with Crippen molar-refractivity contribution in [2.75, 3.05) is 18.5 Å². The van der Waals surface area contributed by atoms with Crippen LogP contribution in [0.15, 0.2) is 12.1 Å². The Morgan fingerprint density at radius 3 is 3.00 bits per heavy atom. The lowest BCUT2D eigenvalue weighted by molar-refractivity contribution is 0.112. The number of fused-ring (bicyclic) bond motifs is 1. The van der Waals surface area contributed by atoms with Gasteiger partial charge in [-0.15, -0.1) is 0 Å². The third-order valence-electron chi connectivity index (χ3n) is 2.48. The van der Waals surface area contributed by atoms with Crippen LogP contribution in [-0.4, -0.2) is 25.0 Å². The highest BCUT2D eigenvalue weighted by molar-refractivity contribution is 5.82. The van der Waals surface area contributed by atoms with Crippen LogP contribution in [0.3, 0.4) is 0 Å². The molecule has 1 heterocycles. The number of aromatic hydroxyl groups is 1. The third kappa shape index (κ3) is 1.16. The molecule has 0 atom stereocenters. The van der Waals surface area contributed by atoms with Gasteiger partial charge in [-0.05, 0) is 18.1 Å². The lowest BCUT2D eigenvalue weighted by atomic mass is 10.1. The molecule has 0 unspecified atom stereocenters. The van der Waals surface area contributed by atoms with Crippen molar-refractivity contribution >= 4 is 12.0 Å². The Bertz CT molecular complexity index is 360. The van der Waals surface area contributed by atoms with Gasteiger partial charge in [0.1, 0.15) is 5.75 Å². The summed E-state index contributed by atoms with van der Waals surface area (Å²) < 4.78 is 0. The molecule has 3 heteroatoms. The molecule has 0 aromatic heterocycles. The van der Waals surface area contributed by atoms with E-state index in [0.717, 1.165) is 24.2 Å². The van der Waals surface area contributed by atoms with Gasteiger partial charge < -0.3 is 10.0 Å². The van der Waals surface area contributed by atoms with Crippen molar-refractivity contribution in [3.8, 4) is 5.75 Å². The summed E-state index contributed by atoms with van der Waals surface area (Å²) in [4.78, 5) is 12.6. The molecule has 0 aliphatic carbocycles. The molecule has 0 saturated carbocycles. The Morgan fingerprint density at radius 1 is 1.54 bits per heavy atom. The SMILES string of the molecule is CN1CCc2cc(C=O)c(O)cc21. The van der Waals surface area contributed by atoms with Gasteiger partial charge in [-0.1, -0.05) is 0 Å². The van der Waals surface area contributed by atoms with E-state index in [2.05, 4.69) is 4.90 Å². The van der Waals surface area contributed by atoms with Crippen LogP contribution in [0.5, 0.6) is 5.75 Å². The lowest BCUT2D eigenvalue weighted by Crippen LogP contribution is -2.12. The van der Waals surface area contributed by atoms with Gasteiger partial charge in [-0.3, -0.25) is 4.79 Å². The average Bonchev–Trinajstić information content (AvgIpc) is 2.47. The number of nitrogens with zero attached hydrogens (tertiary/aromatic N) is 1. The molecule has 0 spiro atoms. The molecule has 0 amide bonds. The normalized spacial score (nSPS) is 14.4. The smallest absolute Gasteiger partial charge is 0.153 e. The first-order valence-electron chi connectivity index (χ1n) is 4.24. The molecule has 3 nitrogen and oxygen atoms in total. The molecule has 0 bridgehead atoms. The summed E-state index contributed by atoms with van der Waals surface area (Å²) in [5.41, 5.74) is 2.56. The van der Waals surface area contributed by atoms with Crippen molar-refractivity contribution in [1.29, 1.82) is 0 Å². The van der Waals surface area contributed by atoms with Crippen molar-refractivity contribution in [2.45, 2.75) is 6.42 Å². The lowest BCUT2D eigenvalue weighted by Gasteiger charge is -2.12. The highest BCUT2D eigenvalue weighted by Crippen LogP contribution is 2.32. The van der Waals surface area contributed by atoms with Crippen molar-refractivity contribution in [3.05, 3.63) is 23.3 Å². The molecule has 1 N–H and O–H groups in total. The Kier molecular flexibility index (Phi) is 1.72. The van der Waals surface area contributed by atoms with Crippen LogP contribution in [0, 0.1) is 0 Å². The van der Waals surface area contributed by atoms with E-state index in [1.54, 1.807) is 12.1 Å². The number of carbonyl (C=O) groups excluding carboxylic acids is 1. The van der Waals surface area contributed by atoms with Crippen molar-refractivity contribution in [3.63, 3.8) is 0 Å². The number of carbonyl (C=O) groups is 1. The van der Waals surface area contributed by atoms with Gasteiger partial charge in [0.2, 0.25) is 0 Å². The third-order valence-corrected chi connectivity index (χ3v) is 2.48. The first kappa shape index (κ1) is 8.10. The van der Waals surface area contributed by atoms with Crippen LogP contribution < -0.4 is 4.90 Å². The van der Waals surface area contributed by atoms with E-state index in [9.17, 15) is 9.90 Å². The van der Waals surface area contributed by atoms with Crippen molar-refractivity contribution in [2.24, 2.45) is 0 Å². The van der Waals surface area contributed by atoms with Gasteiger partial charge in [0.25, 0.3) is 0 Å². The zero-order valence-electron chi connectivity index (χ0n) is 7.45. The summed E-state index contributed by atoms with van der Waals surface area (Å²) in [7, 11) is 1.98. The second kappa shape index (κ2) is 2.76. The van der Waals surface area contributed by atoms with E-state index in [0.29, 0.717) is 11.8 Å². The number of phenols is 1. The van der Waals surface area contributed by atoms with E-state index in [-0.39, 0.29) is 5.75 Å². The molecular formula is C10H11NO2. The zero-order valence-corrected chi connectivity index (χ0v) is 7.45. The number of hydrogen-bond acceptors (Lipinski definition) is 3. The van der Waals surface area contributed by atoms with Gasteiger partial charge >= 0.3 is 0 Å². The van der Waals surface area contributed by atoms with Crippen LogP contribution in [0.4, 0.5) is 5.69 Å². The second-order valence-electron chi connectivity index (χ2n) is 3.33. The molecule has 0 radical (unpaired) electrons. The fraction of sp³-hybridized carbons (Fsp3) is 0.300. The Balaban J connectivity index is 2.56. The predicted octanol–water partition coefficient (Wildman–Crippen LogP) is 1.20. The van der Waals surface area contributed by atoms with E-state index in [4.69, 9.17) is 0 Å². The predicted molar refractivity (Wildman–Crippen MR) is 50.5 cm³/mol. The maximum Gasteiger partial charge on any atom is 0.153 e. The molecule has 13 heavy (non-hydrogen) atoms. The number of benzene rings is 1. The number of phenolic OH excluding ortho intramolecular Hbond substituents is 1. The number of likely N-dealkylation sites (N-methyl/N-ethyl adjacent to an activating group) is 1. The number of hydrogen-bond donors (Lipinski definition) is 1. The fourth-order valence-electron chi connectivity index (χ4n) is 1.70. The van der Waals surface area contributed by atoms with Gasteiger partial charge in [0, 0.05) is 25.3 Å². The Hall–Kier alpha value is -1.51. The van der Waals surface area contributed by atoms with Gasteiger partial charge in [0.05, 0.1) is 5.56 Å². The Morgan fingerprint density at radius 2 is 2.31 bits per heavy atom. The monoisotopic (exact) mass is 177 g/mol. The summed E-state index contributed by atoms with van der Waals surface area (Å²) in [5.74, 6) is 0.0718. The van der Waals surface area contributed by atoms with Crippen LogP contribution in [0.2, 0.25) is 0 Å². The minimum Gasteiger partial charge on any atom is -0.507 e. The van der Waals surface area contributed by atoms with Crippen LogP contribution >= 0.6 is 0 Å². The van der Waals surface area contributed by atoms with E-state index in [1.165, 1.54) is 0 Å². The molecule has 0 saturated heterocycles. The largest absolute Gasteiger partial charge is 0.507 e. The Labute approximate surface area is 76.6 Å². The van der Waals surface area contributed by atoms with Crippen molar-refractivity contribution in [1.82, 2.24) is 0 Å². The number of aldehydes is 1. The summed E-state index contributed by atoms with van der Waals surface area (Å²) >= 11 is 0. The summed E-state index contributed by atoms with van der Waals surface area (Å²) in [6.07, 6.45) is 1.64. The fourth-order valence-corrected chi connectivity index (χ4v) is 1.70.